The number of alkyl halides is 3. The Morgan fingerprint density at radius 1 is 1.09 bits per heavy atom. The molecule has 0 spiro atoms. The molecule has 2 aliphatic rings. The number of aliphatic hydroxyl groups excluding tert-OH is 1. The van der Waals surface area contributed by atoms with Crippen molar-refractivity contribution >= 4 is 11.8 Å². The van der Waals surface area contributed by atoms with Gasteiger partial charge in [-0.25, -0.2) is 10.4 Å². The molecule has 5 atom stereocenters. The van der Waals surface area contributed by atoms with Gasteiger partial charge in [-0.15, -0.1) is 0 Å². The number of rotatable bonds is 12. The molecule has 2 aromatic carbocycles. The summed E-state index contributed by atoms with van der Waals surface area (Å²) in [6.07, 6.45) is -0.938. The lowest BCUT2D eigenvalue weighted by Crippen LogP contribution is -2.64. The number of amides is 2. The Bertz CT molecular complexity index is 1310. The second-order valence-electron chi connectivity index (χ2n) is 11.8. The van der Waals surface area contributed by atoms with Crippen molar-refractivity contribution in [2.45, 2.75) is 82.9 Å². The summed E-state index contributed by atoms with van der Waals surface area (Å²) < 4.78 is 39.6. The van der Waals surface area contributed by atoms with Crippen molar-refractivity contribution in [1.29, 1.82) is 0 Å². The molecule has 240 valence electrons. The molecule has 1 fully saturated rings. The van der Waals surface area contributed by atoms with Crippen molar-refractivity contribution in [2.75, 3.05) is 13.1 Å². The number of nitrogens with one attached hydrogen (secondary N) is 3. The van der Waals surface area contributed by atoms with E-state index in [-0.39, 0.29) is 37.3 Å². The number of piperidine rings is 1. The molecule has 9 nitrogen and oxygen atoms in total. The molecule has 44 heavy (non-hydrogen) atoms. The molecule has 2 heterocycles. The predicted molar refractivity (Wildman–Crippen MR) is 161 cm³/mol. The molecule has 0 aliphatic carbocycles. The van der Waals surface area contributed by atoms with Crippen molar-refractivity contribution in [2.24, 2.45) is 11.7 Å². The van der Waals surface area contributed by atoms with E-state index in [0.717, 1.165) is 37.0 Å². The highest BCUT2D eigenvalue weighted by molar-refractivity contribution is 5.97. The number of nitrogens with two attached hydrogens (primary N) is 1. The molecule has 0 aromatic heterocycles. The molecule has 2 aromatic rings. The van der Waals surface area contributed by atoms with Crippen molar-refractivity contribution in [3.63, 3.8) is 0 Å². The average molecular weight is 617 g/mol. The monoisotopic (exact) mass is 616 g/mol. The van der Waals surface area contributed by atoms with Gasteiger partial charge in [0.1, 0.15) is 11.2 Å². The standard InChI is InChI=1S/C32H43F3N6O3/c1-4-40-27(29(43)38-41-21(2)10-8-11-22(41)3)18-31(39-40,30(36)44)26(17-23-12-6-5-7-13-23)28(42)20-37-19-24-14-9-15-25(16-24)32(33,34)35/h5-7,9,12-16,18,21-22,26,28,37,39,42H,4,8,10-11,17,19-20H2,1-3H3,(H2,36,44)(H,38,43)/t21?,22?,26-,28+,31?/m1/s1. The van der Waals surface area contributed by atoms with E-state index < -0.39 is 41.1 Å². The zero-order chi connectivity index (χ0) is 32.1. The number of likely N-dealkylation sites (N-methyl/N-ethyl adjacent to an activating group) is 1. The Hall–Kier alpha value is -3.45. The summed E-state index contributed by atoms with van der Waals surface area (Å²) in [4.78, 5) is 27.0. The highest BCUT2D eigenvalue weighted by Crippen LogP contribution is 2.34. The third-order valence-electron chi connectivity index (χ3n) is 8.64. The van der Waals surface area contributed by atoms with E-state index in [0.29, 0.717) is 12.1 Å². The van der Waals surface area contributed by atoms with Crippen molar-refractivity contribution in [3.05, 3.63) is 83.1 Å². The summed E-state index contributed by atoms with van der Waals surface area (Å²) in [6, 6.07) is 14.5. The number of carbonyl (C=O) groups excluding carboxylic acids is 2. The van der Waals surface area contributed by atoms with Crippen LogP contribution in [-0.2, 0) is 28.7 Å². The third kappa shape index (κ3) is 7.60. The Morgan fingerprint density at radius 3 is 2.36 bits per heavy atom. The second-order valence-corrected chi connectivity index (χ2v) is 11.8. The molecule has 0 saturated carbocycles. The van der Waals surface area contributed by atoms with Gasteiger partial charge in [0.15, 0.2) is 0 Å². The van der Waals surface area contributed by atoms with Gasteiger partial charge in [0, 0.05) is 37.6 Å². The summed E-state index contributed by atoms with van der Waals surface area (Å²) >= 11 is 0. The Balaban J connectivity index is 1.61. The van der Waals surface area contributed by atoms with Crippen LogP contribution in [0.15, 0.2) is 66.4 Å². The highest BCUT2D eigenvalue weighted by Gasteiger charge is 2.52. The smallest absolute Gasteiger partial charge is 0.391 e. The number of hydrazine groups is 2. The maximum Gasteiger partial charge on any atom is 0.416 e. The summed E-state index contributed by atoms with van der Waals surface area (Å²) in [5, 5.41) is 18.1. The van der Waals surface area contributed by atoms with E-state index >= 15 is 0 Å². The van der Waals surface area contributed by atoms with Gasteiger partial charge >= 0.3 is 6.18 Å². The summed E-state index contributed by atoms with van der Waals surface area (Å²) in [5.74, 6) is -2.00. The zero-order valence-corrected chi connectivity index (χ0v) is 25.4. The molecule has 4 rings (SSSR count). The molecule has 3 unspecified atom stereocenters. The topological polar surface area (TPSA) is 123 Å². The van der Waals surface area contributed by atoms with E-state index in [2.05, 4.69) is 30.0 Å². The van der Waals surface area contributed by atoms with E-state index in [1.54, 1.807) is 11.1 Å². The maximum atomic E-state index is 13.7. The fraction of sp³-hybridized carbons (Fsp3) is 0.500. The van der Waals surface area contributed by atoms with Crippen molar-refractivity contribution < 1.29 is 27.9 Å². The SMILES string of the molecule is CCN1NC(C(N)=O)([C@H](Cc2ccccc2)[C@@H](O)CNCc2cccc(C(F)(F)F)c2)C=C1C(=O)NN1C(C)CCCC1C. The number of benzene rings is 2. The number of hydrogen-bond acceptors (Lipinski definition) is 7. The van der Waals surface area contributed by atoms with Gasteiger partial charge in [-0.1, -0.05) is 55.0 Å². The molecule has 2 aliphatic heterocycles. The molecular weight excluding hydrogens is 573 g/mol. The lowest BCUT2D eigenvalue weighted by molar-refractivity contribution is -0.137. The Morgan fingerprint density at radius 2 is 1.75 bits per heavy atom. The minimum atomic E-state index is -4.47. The lowest BCUT2D eigenvalue weighted by atomic mass is 9.76. The van der Waals surface area contributed by atoms with Crippen LogP contribution in [0.3, 0.4) is 0 Å². The van der Waals surface area contributed by atoms with Gasteiger partial charge < -0.3 is 21.2 Å². The van der Waals surface area contributed by atoms with E-state index in [9.17, 15) is 27.9 Å². The first-order chi connectivity index (χ1) is 20.9. The number of aliphatic hydroxyl groups is 1. The van der Waals surface area contributed by atoms with Gasteiger partial charge in [-0.05, 0) is 63.3 Å². The van der Waals surface area contributed by atoms with Crippen molar-refractivity contribution in [1.82, 2.24) is 26.2 Å². The van der Waals surface area contributed by atoms with Crippen molar-refractivity contribution in [3.8, 4) is 0 Å². The van der Waals surface area contributed by atoms with Gasteiger partial charge in [0.2, 0.25) is 5.91 Å². The minimum Gasteiger partial charge on any atom is -0.391 e. The maximum absolute atomic E-state index is 13.7. The van der Waals surface area contributed by atoms with Crippen LogP contribution in [0.25, 0.3) is 0 Å². The number of carbonyl (C=O) groups is 2. The van der Waals surface area contributed by atoms with Crippen LogP contribution in [0.4, 0.5) is 13.2 Å². The third-order valence-corrected chi connectivity index (χ3v) is 8.64. The molecule has 0 bridgehead atoms. The Labute approximate surface area is 256 Å². The highest BCUT2D eigenvalue weighted by atomic mass is 19.4. The summed E-state index contributed by atoms with van der Waals surface area (Å²) in [6.45, 7) is 6.29. The average Bonchev–Trinajstić information content (AvgIpc) is 3.39. The largest absolute Gasteiger partial charge is 0.416 e. The fourth-order valence-electron chi connectivity index (χ4n) is 6.19. The minimum absolute atomic E-state index is 0.0469. The molecule has 12 heteroatoms. The normalized spacial score (nSPS) is 24.1. The fourth-order valence-corrected chi connectivity index (χ4v) is 6.19. The molecule has 2 amide bonds. The van der Waals surface area contributed by atoms with Crippen LogP contribution >= 0.6 is 0 Å². The summed E-state index contributed by atoms with van der Waals surface area (Å²) in [5.41, 5.74) is 11.3. The number of primary amides is 1. The van der Waals surface area contributed by atoms with Crippen LogP contribution < -0.4 is 21.9 Å². The van der Waals surface area contributed by atoms with Crippen LogP contribution in [0.2, 0.25) is 0 Å². The van der Waals surface area contributed by atoms with E-state index in [4.69, 9.17) is 5.73 Å². The lowest BCUT2D eigenvalue weighted by Gasteiger charge is -2.39. The second kappa shape index (κ2) is 14.1. The van der Waals surface area contributed by atoms with Gasteiger partial charge in [0.05, 0.1) is 11.7 Å². The number of hydrogen-bond donors (Lipinski definition) is 5. The number of halogens is 3. The predicted octanol–water partition coefficient (Wildman–Crippen LogP) is 3.26. The van der Waals surface area contributed by atoms with Crippen LogP contribution in [-0.4, -0.2) is 63.8 Å². The first-order valence-electron chi connectivity index (χ1n) is 15.1. The van der Waals surface area contributed by atoms with Gasteiger partial charge in [0.25, 0.3) is 5.91 Å². The zero-order valence-electron chi connectivity index (χ0n) is 25.4. The van der Waals surface area contributed by atoms with Crippen LogP contribution in [0, 0.1) is 5.92 Å². The first-order valence-corrected chi connectivity index (χ1v) is 15.1. The van der Waals surface area contributed by atoms with Crippen LogP contribution in [0.5, 0.6) is 0 Å². The molecule has 6 N–H and O–H groups in total. The van der Waals surface area contributed by atoms with Crippen LogP contribution in [0.1, 0.15) is 56.7 Å². The van der Waals surface area contributed by atoms with Gasteiger partial charge in [-0.3, -0.25) is 15.0 Å². The molecule has 0 radical (unpaired) electrons. The molecule has 1 saturated heterocycles. The van der Waals surface area contributed by atoms with E-state index in [1.807, 2.05) is 42.3 Å². The quantitative estimate of drug-likeness (QED) is 0.248. The summed E-state index contributed by atoms with van der Waals surface area (Å²) in [7, 11) is 0. The number of nitrogens with zero attached hydrogens (tertiary/aromatic N) is 2. The molecular formula is C32H43F3N6O3. The first kappa shape index (κ1) is 33.4. The van der Waals surface area contributed by atoms with E-state index in [1.165, 1.54) is 12.1 Å². The Kier molecular flexibility index (Phi) is 10.7. The van der Waals surface area contributed by atoms with Gasteiger partial charge in [-0.2, -0.15) is 13.2 Å².